The van der Waals surface area contributed by atoms with Crippen molar-refractivity contribution in [1.82, 2.24) is 9.75 Å². The fourth-order valence-corrected chi connectivity index (χ4v) is 1.20. The van der Waals surface area contributed by atoms with E-state index >= 15 is 0 Å². The highest BCUT2D eigenvalue weighted by atomic mass is 19.2. The van der Waals surface area contributed by atoms with Crippen molar-refractivity contribution >= 4 is 15.0 Å². The van der Waals surface area contributed by atoms with Crippen LogP contribution in [0.1, 0.15) is 27.7 Å². The molecule has 0 aliphatic heterocycles. The van der Waals surface area contributed by atoms with Crippen molar-refractivity contribution in [3.8, 4) is 0 Å². The van der Waals surface area contributed by atoms with E-state index in [1.165, 1.54) is 0 Å². The monoisotopic (exact) mass is 172 g/mol. The van der Waals surface area contributed by atoms with E-state index < -0.39 is 0 Å². The normalized spacial score (nSPS) is 11.8. The van der Waals surface area contributed by atoms with Crippen LogP contribution in [0.4, 0.5) is 4.48 Å². The summed E-state index contributed by atoms with van der Waals surface area (Å²) >= 11 is 0. The molecule has 0 aliphatic carbocycles. The lowest BCUT2D eigenvalue weighted by molar-refractivity contribution is 0.211. The van der Waals surface area contributed by atoms with Crippen molar-refractivity contribution < 1.29 is 4.48 Å². The molecule has 0 saturated heterocycles. The van der Waals surface area contributed by atoms with Crippen LogP contribution in [-0.4, -0.2) is 36.8 Å². The van der Waals surface area contributed by atoms with Gasteiger partial charge in [0.25, 0.3) is 0 Å². The van der Waals surface area contributed by atoms with Gasteiger partial charge in [-0.25, -0.2) is 4.94 Å². The van der Waals surface area contributed by atoms with Gasteiger partial charge >= 0.3 is 7.55 Å². The van der Waals surface area contributed by atoms with Gasteiger partial charge in [-0.05, 0) is 12.1 Å². The van der Waals surface area contributed by atoms with Crippen LogP contribution in [0, 0.1) is 0 Å². The Morgan fingerprint density at radius 1 is 1.08 bits per heavy atom. The van der Waals surface area contributed by atoms with Crippen molar-refractivity contribution in [2.45, 2.75) is 46.6 Å². The fraction of sp³-hybridized carbons (Fsp3) is 1.00. The topological polar surface area (TPSA) is 6.48 Å². The first kappa shape index (κ1) is 12.0. The summed E-state index contributed by atoms with van der Waals surface area (Å²) in [4.78, 5) is 2.95. The molecule has 0 aromatic heterocycles. The van der Waals surface area contributed by atoms with Crippen LogP contribution in [-0.2, 0) is 0 Å². The Balaban J connectivity index is 3.95. The molecule has 0 aromatic carbocycles. The molecule has 70 valence electrons. The van der Waals surface area contributed by atoms with E-state index in [4.69, 9.17) is 0 Å². The average molecular weight is 172 g/mol. The highest BCUT2D eigenvalue weighted by Gasteiger charge is 2.18. The highest BCUT2D eigenvalue weighted by molar-refractivity contribution is 6.46. The summed E-state index contributed by atoms with van der Waals surface area (Å²) in [6.45, 7) is 10.2. The number of nitrogens with zero attached hydrogens (tertiary/aromatic N) is 2. The van der Waals surface area contributed by atoms with Gasteiger partial charge in [-0.1, -0.05) is 34.5 Å². The molecule has 0 aliphatic rings. The van der Waals surface area contributed by atoms with Gasteiger partial charge < -0.3 is 4.81 Å². The summed E-state index contributed by atoms with van der Waals surface area (Å²) < 4.78 is 12.9. The van der Waals surface area contributed by atoms with Crippen molar-refractivity contribution in [1.29, 1.82) is 0 Å². The summed E-state index contributed by atoms with van der Waals surface area (Å²) in [5, 5.41) is 0. The first-order chi connectivity index (χ1) is 5.49. The van der Waals surface area contributed by atoms with Crippen LogP contribution in [0.5, 0.6) is 0 Å². The SMILES string of the molecule is CBN(F)BN(C(C)C)C(C)C. The Hall–Kier alpha value is -0.0201. The third-order valence-electron chi connectivity index (χ3n) is 1.99. The first-order valence-corrected chi connectivity index (χ1v) is 4.65. The molecule has 5 heteroatoms. The lowest BCUT2D eigenvalue weighted by atomic mass is 9.88. The van der Waals surface area contributed by atoms with Gasteiger partial charge in [0.15, 0.2) is 0 Å². The van der Waals surface area contributed by atoms with Crippen molar-refractivity contribution in [3.05, 3.63) is 0 Å². The zero-order valence-electron chi connectivity index (χ0n) is 8.84. The molecule has 0 bridgehead atoms. The summed E-state index contributed by atoms with van der Waals surface area (Å²) in [6.07, 6.45) is 0. The number of rotatable bonds is 5. The number of hydrogen-bond acceptors (Lipinski definition) is 2. The van der Waals surface area contributed by atoms with E-state index in [0.717, 1.165) is 4.94 Å². The second-order valence-electron chi connectivity index (χ2n) is 3.62. The predicted molar refractivity (Wildman–Crippen MR) is 55.2 cm³/mol. The van der Waals surface area contributed by atoms with E-state index in [9.17, 15) is 4.48 Å². The van der Waals surface area contributed by atoms with Gasteiger partial charge in [-0.3, -0.25) is 0 Å². The zero-order chi connectivity index (χ0) is 9.72. The zero-order valence-corrected chi connectivity index (χ0v) is 8.84. The van der Waals surface area contributed by atoms with Crippen LogP contribution in [0.25, 0.3) is 0 Å². The Kier molecular flexibility index (Phi) is 5.59. The quantitative estimate of drug-likeness (QED) is 0.450. The maximum Gasteiger partial charge on any atom is 0.311 e. The smallest absolute Gasteiger partial charge is 0.311 e. The first-order valence-electron chi connectivity index (χ1n) is 4.65. The van der Waals surface area contributed by atoms with Gasteiger partial charge in [0.05, 0.1) is 0 Å². The predicted octanol–water partition coefficient (Wildman–Crippen LogP) is 0.958. The van der Waals surface area contributed by atoms with E-state index in [0.29, 0.717) is 27.0 Å². The van der Waals surface area contributed by atoms with E-state index in [1.54, 1.807) is 0 Å². The van der Waals surface area contributed by atoms with Crippen LogP contribution < -0.4 is 0 Å². The van der Waals surface area contributed by atoms with Crippen LogP contribution in [0.3, 0.4) is 0 Å². The molecule has 0 fully saturated rings. The number of halogens is 1. The molecule has 0 atom stereocenters. The third kappa shape index (κ3) is 4.12. The Morgan fingerprint density at radius 3 is 1.75 bits per heavy atom. The Labute approximate surface area is 76.6 Å². The molecular formula is C7H19B2FN2. The largest absolute Gasteiger partial charge is 0.326 e. The van der Waals surface area contributed by atoms with E-state index in [1.807, 2.05) is 6.82 Å². The minimum absolute atomic E-state index is 0.398. The van der Waals surface area contributed by atoms with Gasteiger partial charge in [0, 0.05) is 0 Å². The fourth-order valence-electron chi connectivity index (χ4n) is 1.20. The third-order valence-corrected chi connectivity index (χ3v) is 1.99. The van der Waals surface area contributed by atoms with Crippen LogP contribution >= 0.6 is 0 Å². The molecule has 2 nitrogen and oxygen atoms in total. The molecule has 12 heavy (non-hydrogen) atoms. The molecule has 0 rings (SSSR count). The molecule has 0 aromatic rings. The number of hydrogen-bond donors (Lipinski definition) is 0. The average Bonchev–Trinajstić information content (AvgIpc) is 1.98. The molecule has 0 spiro atoms. The lowest BCUT2D eigenvalue weighted by Crippen LogP contribution is -2.46. The summed E-state index contributed by atoms with van der Waals surface area (Å²) in [5.74, 6) is 0. The summed E-state index contributed by atoms with van der Waals surface area (Å²) in [6, 6.07) is 0.796. The standard InChI is InChI=1S/C7H19B2FN2/c1-6(2)11(7(3)4)9-12(10)8-5/h6-9H,1-5H3. The van der Waals surface area contributed by atoms with Gasteiger partial charge in [0.2, 0.25) is 7.41 Å². The highest BCUT2D eigenvalue weighted by Crippen LogP contribution is 2.03. The van der Waals surface area contributed by atoms with E-state index in [-0.39, 0.29) is 0 Å². The van der Waals surface area contributed by atoms with Crippen molar-refractivity contribution in [3.63, 3.8) is 0 Å². The molecule has 0 heterocycles. The minimum Gasteiger partial charge on any atom is -0.326 e. The molecule has 0 N–H and O–H groups in total. The lowest BCUT2D eigenvalue weighted by Gasteiger charge is -2.31. The van der Waals surface area contributed by atoms with Gasteiger partial charge in [-0.2, -0.15) is 4.48 Å². The second-order valence-corrected chi connectivity index (χ2v) is 3.62. The van der Waals surface area contributed by atoms with Crippen molar-refractivity contribution in [2.24, 2.45) is 0 Å². The van der Waals surface area contributed by atoms with Crippen molar-refractivity contribution in [2.75, 3.05) is 0 Å². The molecule has 0 amide bonds. The molecule has 0 radical (unpaired) electrons. The van der Waals surface area contributed by atoms with Crippen LogP contribution in [0.2, 0.25) is 6.82 Å². The second kappa shape index (κ2) is 5.60. The summed E-state index contributed by atoms with van der Waals surface area (Å²) in [7, 11) is 0.863. The molecular weight excluding hydrogens is 153 g/mol. The van der Waals surface area contributed by atoms with Gasteiger partial charge in [-0.15, -0.1) is 0 Å². The van der Waals surface area contributed by atoms with E-state index in [2.05, 4.69) is 32.5 Å². The van der Waals surface area contributed by atoms with Gasteiger partial charge in [0.1, 0.15) is 0 Å². The maximum absolute atomic E-state index is 12.9. The molecule has 0 saturated carbocycles. The summed E-state index contributed by atoms with van der Waals surface area (Å²) in [5.41, 5.74) is 0. The molecule has 0 unspecified atom stereocenters. The minimum atomic E-state index is 0.398. The Morgan fingerprint density at radius 2 is 1.50 bits per heavy atom. The Bertz CT molecular complexity index is 114. The van der Waals surface area contributed by atoms with Crippen LogP contribution in [0.15, 0.2) is 0 Å². The maximum atomic E-state index is 12.9.